The van der Waals surface area contributed by atoms with Gasteiger partial charge in [-0.15, -0.1) is 11.3 Å². The van der Waals surface area contributed by atoms with Gasteiger partial charge >= 0.3 is 5.97 Å². The van der Waals surface area contributed by atoms with Crippen LogP contribution in [0.1, 0.15) is 27.2 Å². The van der Waals surface area contributed by atoms with Gasteiger partial charge in [-0.2, -0.15) is 0 Å². The van der Waals surface area contributed by atoms with E-state index in [1.807, 2.05) is 0 Å². The van der Waals surface area contributed by atoms with Gasteiger partial charge in [0.15, 0.2) is 0 Å². The summed E-state index contributed by atoms with van der Waals surface area (Å²) in [5.41, 5.74) is 0.290. The van der Waals surface area contributed by atoms with Crippen LogP contribution in [0.15, 0.2) is 5.38 Å². The summed E-state index contributed by atoms with van der Waals surface area (Å²) in [6.07, 6.45) is 0. The van der Waals surface area contributed by atoms with Crippen molar-refractivity contribution in [2.24, 2.45) is 0 Å². The molecule has 2 heterocycles. The summed E-state index contributed by atoms with van der Waals surface area (Å²) in [5.74, 6) is -0.653. The molecule has 1 fully saturated rings. The molecule has 116 valence electrons. The molecule has 1 aromatic heterocycles. The molecule has 8 heteroatoms. The molecule has 1 N–H and O–H groups in total. The van der Waals surface area contributed by atoms with Crippen molar-refractivity contribution in [1.29, 1.82) is 0 Å². The second kappa shape index (κ2) is 7.48. The van der Waals surface area contributed by atoms with Gasteiger partial charge in [0.25, 0.3) is 5.91 Å². The van der Waals surface area contributed by atoms with Crippen LogP contribution in [0.25, 0.3) is 0 Å². The van der Waals surface area contributed by atoms with Crippen LogP contribution in [-0.4, -0.2) is 77.7 Å². The van der Waals surface area contributed by atoms with Crippen LogP contribution in [0.5, 0.6) is 0 Å². The smallest absolute Gasteiger partial charge is 0.367 e. The number of β-amino-alcohol motifs (C(OH)–C–C–N with tert-alkyl or cyclic N) is 1. The van der Waals surface area contributed by atoms with E-state index in [1.54, 1.807) is 17.2 Å². The van der Waals surface area contributed by atoms with Crippen LogP contribution in [0.2, 0.25) is 0 Å². The zero-order valence-corrected chi connectivity index (χ0v) is 12.8. The van der Waals surface area contributed by atoms with Crippen LogP contribution >= 0.6 is 11.3 Å². The highest BCUT2D eigenvalue weighted by Gasteiger charge is 2.24. The number of ether oxygens (including phenoxy) is 1. The molecule has 0 radical (unpaired) electrons. The molecule has 0 bridgehead atoms. The van der Waals surface area contributed by atoms with Gasteiger partial charge in [-0.05, 0) is 6.92 Å². The predicted octanol–water partition coefficient (Wildman–Crippen LogP) is 0.0699. The summed E-state index contributed by atoms with van der Waals surface area (Å²) in [4.78, 5) is 31.7. The molecule has 0 saturated carbocycles. The first-order valence-electron chi connectivity index (χ1n) is 6.90. The fourth-order valence-corrected chi connectivity index (χ4v) is 2.82. The molecule has 2 rings (SSSR count). The number of carbonyl (C=O) groups excluding carboxylic acids is 2. The van der Waals surface area contributed by atoms with E-state index in [1.165, 1.54) is 0 Å². The third-order valence-electron chi connectivity index (χ3n) is 3.25. The van der Waals surface area contributed by atoms with Crippen molar-refractivity contribution in [2.45, 2.75) is 6.92 Å². The number of aliphatic hydroxyl groups excluding tert-OH is 1. The van der Waals surface area contributed by atoms with E-state index in [4.69, 9.17) is 9.84 Å². The maximum absolute atomic E-state index is 12.3. The third-order valence-corrected chi connectivity index (χ3v) is 4.07. The molecule has 1 aromatic rings. The molecule has 21 heavy (non-hydrogen) atoms. The number of aliphatic hydroxyl groups is 1. The molecule has 0 aliphatic carbocycles. The minimum Gasteiger partial charge on any atom is -0.461 e. The van der Waals surface area contributed by atoms with Crippen molar-refractivity contribution in [3.8, 4) is 0 Å². The number of carbonyl (C=O) groups is 2. The van der Waals surface area contributed by atoms with Gasteiger partial charge in [-0.3, -0.25) is 9.69 Å². The SMILES string of the molecule is CCOC(=O)c1nc(C(=O)N2CCN(CCO)CC2)cs1. The minimum atomic E-state index is -0.491. The Kier molecular flexibility index (Phi) is 5.66. The quantitative estimate of drug-likeness (QED) is 0.775. The van der Waals surface area contributed by atoms with E-state index in [2.05, 4.69) is 9.88 Å². The molecule has 1 aliphatic rings. The van der Waals surface area contributed by atoms with Crippen molar-refractivity contribution >= 4 is 23.2 Å². The van der Waals surface area contributed by atoms with Crippen LogP contribution in [-0.2, 0) is 4.74 Å². The van der Waals surface area contributed by atoms with E-state index in [-0.39, 0.29) is 24.1 Å². The Balaban J connectivity index is 1.93. The lowest BCUT2D eigenvalue weighted by Gasteiger charge is -2.33. The van der Waals surface area contributed by atoms with Gasteiger partial charge in [0, 0.05) is 38.1 Å². The molecular formula is C13H19N3O4S. The van der Waals surface area contributed by atoms with Gasteiger partial charge in [-0.1, -0.05) is 0 Å². The fraction of sp³-hybridized carbons (Fsp3) is 0.615. The van der Waals surface area contributed by atoms with Gasteiger partial charge < -0.3 is 14.7 Å². The number of nitrogens with zero attached hydrogens (tertiary/aromatic N) is 3. The Morgan fingerprint density at radius 3 is 2.71 bits per heavy atom. The minimum absolute atomic E-state index is 0.128. The second-order valence-corrected chi connectivity index (χ2v) is 5.47. The fourth-order valence-electron chi connectivity index (χ4n) is 2.14. The summed E-state index contributed by atoms with van der Waals surface area (Å²) in [6.45, 7) is 5.45. The number of thiazole rings is 1. The molecule has 0 aromatic carbocycles. The molecule has 1 aliphatic heterocycles. The Morgan fingerprint density at radius 1 is 1.38 bits per heavy atom. The van der Waals surface area contributed by atoms with E-state index in [0.29, 0.717) is 25.3 Å². The van der Waals surface area contributed by atoms with Crippen molar-refractivity contribution in [2.75, 3.05) is 45.9 Å². The molecule has 0 unspecified atom stereocenters. The number of esters is 1. The van der Waals surface area contributed by atoms with Crippen LogP contribution in [0.4, 0.5) is 0 Å². The standard InChI is InChI=1S/C13H19N3O4S/c1-2-20-13(19)11-14-10(9-21-11)12(18)16-5-3-15(4-6-16)7-8-17/h9,17H,2-8H2,1H3. The number of aromatic nitrogens is 1. The summed E-state index contributed by atoms with van der Waals surface area (Å²) < 4.78 is 4.86. The zero-order chi connectivity index (χ0) is 15.2. The number of piperazine rings is 1. The van der Waals surface area contributed by atoms with Crippen molar-refractivity contribution < 1.29 is 19.4 Å². The summed E-state index contributed by atoms with van der Waals surface area (Å²) in [5, 5.41) is 10.7. The highest BCUT2D eigenvalue weighted by Crippen LogP contribution is 2.14. The Bertz CT molecular complexity index is 497. The molecule has 0 spiro atoms. The maximum atomic E-state index is 12.3. The Hall–Kier alpha value is -1.51. The highest BCUT2D eigenvalue weighted by atomic mass is 32.1. The number of hydrogen-bond acceptors (Lipinski definition) is 7. The average molecular weight is 313 g/mol. The zero-order valence-electron chi connectivity index (χ0n) is 11.9. The van der Waals surface area contributed by atoms with E-state index >= 15 is 0 Å². The van der Waals surface area contributed by atoms with Gasteiger partial charge in [0.05, 0.1) is 13.2 Å². The van der Waals surface area contributed by atoms with Gasteiger partial charge in [0.1, 0.15) is 5.69 Å². The van der Waals surface area contributed by atoms with Crippen molar-refractivity contribution in [3.05, 3.63) is 16.1 Å². The van der Waals surface area contributed by atoms with Gasteiger partial charge in [0.2, 0.25) is 5.01 Å². The molecular weight excluding hydrogens is 294 g/mol. The third kappa shape index (κ3) is 3.99. The summed E-state index contributed by atoms with van der Waals surface area (Å²) >= 11 is 1.12. The van der Waals surface area contributed by atoms with Gasteiger partial charge in [-0.25, -0.2) is 9.78 Å². The topological polar surface area (TPSA) is 83.0 Å². The lowest BCUT2D eigenvalue weighted by atomic mass is 10.3. The number of amides is 1. The van der Waals surface area contributed by atoms with E-state index < -0.39 is 5.97 Å². The molecule has 1 amide bonds. The van der Waals surface area contributed by atoms with Crippen LogP contribution in [0.3, 0.4) is 0 Å². The predicted molar refractivity (Wildman–Crippen MR) is 77.5 cm³/mol. The largest absolute Gasteiger partial charge is 0.461 e. The lowest BCUT2D eigenvalue weighted by molar-refractivity contribution is 0.0525. The number of rotatable bonds is 5. The van der Waals surface area contributed by atoms with Crippen molar-refractivity contribution in [3.63, 3.8) is 0 Å². The van der Waals surface area contributed by atoms with Crippen LogP contribution in [0, 0.1) is 0 Å². The first-order chi connectivity index (χ1) is 10.2. The summed E-state index contributed by atoms with van der Waals surface area (Å²) in [6, 6.07) is 0. The van der Waals surface area contributed by atoms with Crippen LogP contribution < -0.4 is 0 Å². The summed E-state index contributed by atoms with van der Waals surface area (Å²) in [7, 11) is 0. The first-order valence-corrected chi connectivity index (χ1v) is 7.78. The monoisotopic (exact) mass is 313 g/mol. The maximum Gasteiger partial charge on any atom is 0.367 e. The molecule has 7 nitrogen and oxygen atoms in total. The highest BCUT2D eigenvalue weighted by molar-refractivity contribution is 7.11. The van der Waals surface area contributed by atoms with Crippen molar-refractivity contribution in [1.82, 2.24) is 14.8 Å². The lowest BCUT2D eigenvalue weighted by Crippen LogP contribution is -2.49. The first kappa shape index (κ1) is 15.9. The second-order valence-electron chi connectivity index (χ2n) is 4.62. The molecule has 0 atom stereocenters. The number of hydrogen-bond donors (Lipinski definition) is 1. The van der Waals surface area contributed by atoms with E-state index in [9.17, 15) is 9.59 Å². The van der Waals surface area contributed by atoms with E-state index in [0.717, 1.165) is 24.4 Å². The Labute approximate surface area is 127 Å². The molecule has 1 saturated heterocycles. The average Bonchev–Trinajstić information content (AvgIpc) is 2.98. The Morgan fingerprint density at radius 2 is 2.10 bits per heavy atom. The normalized spacial score (nSPS) is 16.0.